The first-order valence-corrected chi connectivity index (χ1v) is 7.91. The van der Waals surface area contributed by atoms with Crippen molar-refractivity contribution >= 4 is 11.8 Å². The highest BCUT2D eigenvalue weighted by atomic mass is 16.2. The zero-order chi connectivity index (χ0) is 15.9. The van der Waals surface area contributed by atoms with Crippen molar-refractivity contribution in [3.63, 3.8) is 0 Å². The maximum Gasteiger partial charge on any atom is 0.223 e. The molecule has 0 aliphatic carbocycles. The van der Waals surface area contributed by atoms with Gasteiger partial charge in [-0.15, -0.1) is 0 Å². The van der Waals surface area contributed by atoms with E-state index < -0.39 is 0 Å². The lowest BCUT2D eigenvalue weighted by molar-refractivity contribution is -0.135. The summed E-state index contributed by atoms with van der Waals surface area (Å²) in [5.41, 5.74) is 7.72. The molecule has 1 saturated heterocycles. The van der Waals surface area contributed by atoms with Crippen molar-refractivity contribution < 1.29 is 9.59 Å². The van der Waals surface area contributed by atoms with E-state index in [2.05, 4.69) is 5.32 Å². The van der Waals surface area contributed by atoms with Gasteiger partial charge in [0.1, 0.15) is 0 Å². The molecule has 5 heteroatoms. The van der Waals surface area contributed by atoms with Crippen LogP contribution >= 0.6 is 0 Å². The molecule has 0 spiro atoms. The lowest BCUT2D eigenvalue weighted by Crippen LogP contribution is -2.43. The zero-order valence-corrected chi connectivity index (χ0v) is 13.2. The molecule has 5 nitrogen and oxygen atoms in total. The molecule has 0 saturated carbocycles. The first-order valence-electron chi connectivity index (χ1n) is 7.91. The van der Waals surface area contributed by atoms with Crippen LogP contribution in [0.2, 0.25) is 0 Å². The van der Waals surface area contributed by atoms with Gasteiger partial charge in [-0.3, -0.25) is 9.59 Å². The van der Waals surface area contributed by atoms with Gasteiger partial charge in [0, 0.05) is 38.5 Å². The quantitative estimate of drug-likeness (QED) is 0.858. The van der Waals surface area contributed by atoms with Crippen LogP contribution < -0.4 is 11.1 Å². The SMILES string of the molecule is Cc1ccc(CNC(=O)C2CCN(C(=O)CCN)CC2)cc1. The van der Waals surface area contributed by atoms with Crippen LogP contribution in [0.15, 0.2) is 24.3 Å². The van der Waals surface area contributed by atoms with E-state index in [4.69, 9.17) is 5.73 Å². The van der Waals surface area contributed by atoms with Crippen LogP contribution in [0.3, 0.4) is 0 Å². The molecule has 2 amide bonds. The van der Waals surface area contributed by atoms with E-state index in [1.165, 1.54) is 5.56 Å². The second-order valence-electron chi connectivity index (χ2n) is 5.90. The number of rotatable bonds is 5. The number of hydrogen-bond acceptors (Lipinski definition) is 3. The van der Waals surface area contributed by atoms with E-state index in [1.807, 2.05) is 36.1 Å². The van der Waals surface area contributed by atoms with Gasteiger partial charge in [0.05, 0.1) is 0 Å². The molecule has 0 aromatic heterocycles. The van der Waals surface area contributed by atoms with E-state index in [9.17, 15) is 9.59 Å². The molecule has 1 fully saturated rings. The molecule has 1 heterocycles. The Kier molecular flexibility index (Phi) is 5.95. The van der Waals surface area contributed by atoms with Gasteiger partial charge in [0.2, 0.25) is 11.8 Å². The van der Waals surface area contributed by atoms with Crippen LogP contribution in [-0.4, -0.2) is 36.3 Å². The first kappa shape index (κ1) is 16.5. The highest BCUT2D eigenvalue weighted by molar-refractivity contribution is 5.80. The average molecular weight is 303 g/mol. The Morgan fingerprint density at radius 2 is 1.86 bits per heavy atom. The summed E-state index contributed by atoms with van der Waals surface area (Å²) in [5, 5.41) is 2.99. The maximum absolute atomic E-state index is 12.2. The molecule has 0 bridgehead atoms. The molecular weight excluding hydrogens is 278 g/mol. The fourth-order valence-electron chi connectivity index (χ4n) is 2.71. The Morgan fingerprint density at radius 3 is 2.45 bits per heavy atom. The highest BCUT2D eigenvalue weighted by Gasteiger charge is 2.26. The summed E-state index contributed by atoms with van der Waals surface area (Å²) in [7, 11) is 0. The molecule has 0 atom stereocenters. The lowest BCUT2D eigenvalue weighted by Gasteiger charge is -2.31. The number of piperidine rings is 1. The minimum atomic E-state index is 0.00683. The molecule has 22 heavy (non-hydrogen) atoms. The van der Waals surface area contributed by atoms with E-state index in [0.29, 0.717) is 32.6 Å². The number of carbonyl (C=O) groups excluding carboxylic acids is 2. The third kappa shape index (κ3) is 4.56. The molecule has 1 aliphatic heterocycles. The minimum Gasteiger partial charge on any atom is -0.352 e. The number of nitrogens with two attached hydrogens (primary N) is 1. The van der Waals surface area contributed by atoms with Crippen molar-refractivity contribution in [1.29, 1.82) is 0 Å². The largest absolute Gasteiger partial charge is 0.352 e. The summed E-state index contributed by atoms with van der Waals surface area (Å²) in [4.78, 5) is 25.8. The molecule has 120 valence electrons. The van der Waals surface area contributed by atoms with Crippen LogP contribution in [0.5, 0.6) is 0 Å². The normalized spacial score (nSPS) is 15.6. The van der Waals surface area contributed by atoms with E-state index in [1.54, 1.807) is 0 Å². The summed E-state index contributed by atoms with van der Waals surface area (Å²) in [6.45, 7) is 4.30. The topological polar surface area (TPSA) is 75.4 Å². The Bertz CT molecular complexity index is 505. The van der Waals surface area contributed by atoms with Gasteiger partial charge in [-0.05, 0) is 25.3 Å². The summed E-state index contributed by atoms with van der Waals surface area (Å²) in [5.74, 6) is 0.194. The van der Waals surface area contributed by atoms with Gasteiger partial charge in [0.15, 0.2) is 0 Å². The molecule has 0 unspecified atom stereocenters. The van der Waals surface area contributed by atoms with Crippen LogP contribution in [0.1, 0.15) is 30.4 Å². The standard InChI is InChI=1S/C17H25N3O2/c1-13-2-4-14(5-3-13)12-19-17(22)15-7-10-20(11-8-15)16(21)6-9-18/h2-5,15H,6-12,18H2,1H3,(H,19,22). The fraction of sp³-hybridized carbons (Fsp3) is 0.529. The first-order chi connectivity index (χ1) is 10.6. The van der Waals surface area contributed by atoms with Crippen molar-refractivity contribution in [2.45, 2.75) is 32.7 Å². The molecule has 3 N–H and O–H groups in total. The van der Waals surface area contributed by atoms with Crippen molar-refractivity contribution in [2.75, 3.05) is 19.6 Å². The van der Waals surface area contributed by atoms with Gasteiger partial charge in [-0.1, -0.05) is 29.8 Å². The summed E-state index contributed by atoms with van der Waals surface area (Å²) < 4.78 is 0. The summed E-state index contributed by atoms with van der Waals surface area (Å²) in [6.07, 6.45) is 1.86. The highest BCUT2D eigenvalue weighted by Crippen LogP contribution is 2.18. The number of nitrogens with zero attached hydrogens (tertiary/aromatic N) is 1. The Hall–Kier alpha value is -1.88. The third-order valence-corrected chi connectivity index (χ3v) is 4.16. The number of nitrogens with one attached hydrogen (secondary N) is 1. The Labute approximate surface area is 131 Å². The van der Waals surface area contributed by atoms with E-state index >= 15 is 0 Å². The van der Waals surface area contributed by atoms with Crippen LogP contribution in [-0.2, 0) is 16.1 Å². The molecule has 0 radical (unpaired) electrons. The smallest absolute Gasteiger partial charge is 0.223 e. The number of hydrogen-bond donors (Lipinski definition) is 2. The van der Waals surface area contributed by atoms with Gasteiger partial charge < -0.3 is 16.0 Å². The lowest BCUT2D eigenvalue weighted by atomic mass is 9.95. The number of likely N-dealkylation sites (tertiary alicyclic amines) is 1. The van der Waals surface area contributed by atoms with Gasteiger partial charge in [0.25, 0.3) is 0 Å². The molecular formula is C17H25N3O2. The molecule has 2 rings (SSSR count). The third-order valence-electron chi connectivity index (χ3n) is 4.16. The minimum absolute atomic E-state index is 0.00683. The van der Waals surface area contributed by atoms with Crippen molar-refractivity contribution in [2.24, 2.45) is 11.7 Å². The molecule has 1 aromatic carbocycles. The summed E-state index contributed by atoms with van der Waals surface area (Å²) in [6, 6.07) is 8.15. The van der Waals surface area contributed by atoms with Gasteiger partial charge in [-0.25, -0.2) is 0 Å². The monoisotopic (exact) mass is 303 g/mol. The number of carbonyl (C=O) groups is 2. The Morgan fingerprint density at radius 1 is 1.23 bits per heavy atom. The van der Waals surface area contributed by atoms with E-state index in [0.717, 1.165) is 18.4 Å². The van der Waals surface area contributed by atoms with Crippen LogP contribution in [0.25, 0.3) is 0 Å². The second kappa shape index (κ2) is 7.94. The van der Waals surface area contributed by atoms with Crippen molar-refractivity contribution in [3.8, 4) is 0 Å². The summed E-state index contributed by atoms with van der Waals surface area (Å²) >= 11 is 0. The second-order valence-corrected chi connectivity index (χ2v) is 5.90. The van der Waals surface area contributed by atoms with Crippen LogP contribution in [0.4, 0.5) is 0 Å². The number of amides is 2. The maximum atomic E-state index is 12.2. The van der Waals surface area contributed by atoms with Crippen LogP contribution in [0, 0.1) is 12.8 Å². The Balaban J connectivity index is 1.75. The zero-order valence-electron chi connectivity index (χ0n) is 13.2. The van der Waals surface area contributed by atoms with Crippen molar-refractivity contribution in [1.82, 2.24) is 10.2 Å². The van der Waals surface area contributed by atoms with Gasteiger partial charge in [-0.2, -0.15) is 0 Å². The molecule has 1 aromatic rings. The number of benzene rings is 1. The fourth-order valence-corrected chi connectivity index (χ4v) is 2.71. The average Bonchev–Trinajstić information content (AvgIpc) is 2.54. The van der Waals surface area contributed by atoms with E-state index in [-0.39, 0.29) is 17.7 Å². The molecule has 1 aliphatic rings. The number of aryl methyl sites for hydroxylation is 1. The van der Waals surface area contributed by atoms with Gasteiger partial charge >= 0.3 is 0 Å². The predicted octanol–water partition coefficient (Wildman–Crippen LogP) is 1.20. The van der Waals surface area contributed by atoms with Crippen molar-refractivity contribution in [3.05, 3.63) is 35.4 Å². The predicted molar refractivity (Wildman–Crippen MR) is 86.0 cm³/mol.